The molecule has 1 amide bonds. The van der Waals surface area contributed by atoms with E-state index in [9.17, 15) is 9.00 Å². The Hall–Kier alpha value is -2.76. The third-order valence-electron chi connectivity index (χ3n) is 5.55. The fraction of sp³-hybridized carbons (Fsp3) is 0.240. The van der Waals surface area contributed by atoms with Crippen molar-refractivity contribution in [3.05, 3.63) is 89.0 Å². The number of rotatable bonds is 6. The number of carbonyl (C=O) groups is 1. The van der Waals surface area contributed by atoms with Crippen molar-refractivity contribution in [2.75, 3.05) is 7.05 Å². The smallest absolute Gasteiger partial charge is 0.258 e. The topological polar surface area (TPSA) is 58.5 Å². The second kappa shape index (κ2) is 9.37. The summed E-state index contributed by atoms with van der Waals surface area (Å²) in [6.45, 7) is 0.745. The summed E-state index contributed by atoms with van der Waals surface area (Å²) in [4.78, 5) is 13.4. The zero-order valence-corrected chi connectivity index (χ0v) is 18.0. The minimum absolute atomic E-state index is 0.187. The number of hydrogen-bond donors (Lipinski definition) is 2. The van der Waals surface area contributed by atoms with Crippen LogP contribution in [0.3, 0.4) is 0 Å². The molecule has 1 aliphatic rings. The predicted molar refractivity (Wildman–Crippen MR) is 122 cm³/mol. The van der Waals surface area contributed by atoms with Crippen LogP contribution in [0, 0.1) is 0 Å². The Labute approximate surface area is 179 Å². The van der Waals surface area contributed by atoms with Gasteiger partial charge in [-0.2, -0.15) is 4.36 Å². The number of thiol groups is 1. The first-order valence-corrected chi connectivity index (χ1v) is 11.5. The summed E-state index contributed by atoms with van der Waals surface area (Å²) >= 11 is 0. The SMILES string of the molecule is CNCc1ccc(/[SH](=O)=N/C(=O)Cc2c(-c3ccccc3)ccc3c2CCC3)cc1. The molecule has 0 aromatic heterocycles. The molecule has 0 saturated carbocycles. The third kappa shape index (κ3) is 4.53. The summed E-state index contributed by atoms with van der Waals surface area (Å²) in [7, 11) is -0.216. The van der Waals surface area contributed by atoms with E-state index in [4.69, 9.17) is 0 Å². The first-order valence-electron chi connectivity index (χ1n) is 10.3. The van der Waals surface area contributed by atoms with Gasteiger partial charge in [0.2, 0.25) is 0 Å². The summed E-state index contributed by atoms with van der Waals surface area (Å²) in [6, 6.07) is 21.8. The highest BCUT2D eigenvalue weighted by Gasteiger charge is 2.20. The lowest BCUT2D eigenvalue weighted by Crippen LogP contribution is -2.06. The average molecular weight is 419 g/mol. The number of carbonyl (C=O) groups excluding carboxylic acids is 1. The Morgan fingerprint density at radius 1 is 1.00 bits per heavy atom. The molecule has 154 valence electrons. The largest absolute Gasteiger partial charge is 0.316 e. The van der Waals surface area contributed by atoms with Crippen molar-refractivity contribution in [1.82, 2.24) is 5.32 Å². The predicted octanol–water partition coefficient (Wildman–Crippen LogP) is 4.35. The quantitative estimate of drug-likeness (QED) is 0.585. The molecule has 5 heteroatoms. The number of nitrogens with one attached hydrogen (secondary N) is 1. The van der Waals surface area contributed by atoms with Crippen LogP contribution in [0.4, 0.5) is 0 Å². The van der Waals surface area contributed by atoms with Gasteiger partial charge in [0, 0.05) is 11.4 Å². The highest BCUT2D eigenvalue weighted by Crippen LogP contribution is 2.34. The molecule has 0 fully saturated rings. The number of amides is 1. The number of fused-ring (bicyclic) bond motifs is 1. The van der Waals surface area contributed by atoms with Crippen LogP contribution >= 0.6 is 0 Å². The highest BCUT2D eigenvalue weighted by molar-refractivity contribution is 7.75. The summed E-state index contributed by atoms with van der Waals surface area (Å²) < 4.78 is 16.7. The monoisotopic (exact) mass is 418 g/mol. The third-order valence-corrected chi connectivity index (χ3v) is 6.70. The van der Waals surface area contributed by atoms with Gasteiger partial charge in [-0.15, -0.1) is 0 Å². The van der Waals surface area contributed by atoms with Gasteiger partial charge in [-0.1, -0.05) is 54.6 Å². The highest BCUT2D eigenvalue weighted by atomic mass is 32.2. The van der Waals surface area contributed by atoms with Gasteiger partial charge in [0.1, 0.15) is 0 Å². The molecule has 0 aliphatic heterocycles. The fourth-order valence-electron chi connectivity index (χ4n) is 4.12. The van der Waals surface area contributed by atoms with E-state index in [1.807, 2.05) is 37.4 Å². The maximum atomic E-state index is 12.8. The summed E-state index contributed by atoms with van der Waals surface area (Å²) in [6.07, 6.45) is 3.33. The molecule has 0 heterocycles. The van der Waals surface area contributed by atoms with Gasteiger partial charge < -0.3 is 5.32 Å². The van der Waals surface area contributed by atoms with Gasteiger partial charge in [0.15, 0.2) is 0 Å². The van der Waals surface area contributed by atoms with Crippen molar-refractivity contribution in [1.29, 1.82) is 0 Å². The van der Waals surface area contributed by atoms with Crippen LogP contribution in [0.1, 0.15) is 28.7 Å². The summed E-state index contributed by atoms with van der Waals surface area (Å²) in [5, 5.41) is 3.08. The maximum absolute atomic E-state index is 12.8. The first-order chi connectivity index (χ1) is 14.7. The number of nitrogens with zero attached hydrogens (tertiary/aromatic N) is 1. The molecule has 3 aromatic carbocycles. The average Bonchev–Trinajstić information content (AvgIpc) is 3.25. The van der Waals surface area contributed by atoms with Crippen molar-refractivity contribution in [3.63, 3.8) is 0 Å². The summed E-state index contributed by atoms with van der Waals surface area (Å²) in [5.41, 5.74) is 6.90. The molecule has 4 rings (SSSR count). The molecular weight excluding hydrogens is 392 g/mol. The minimum atomic E-state index is -2.10. The van der Waals surface area contributed by atoms with E-state index in [1.165, 1.54) is 11.1 Å². The number of aryl methyl sites for hydroxylation is 1. The molecule has 30 heavy (non-hydrogen) atoms. The first kappa shape index (κ1) is 20.5. The maximum Gasteiger partial charge on any atom is 0.258 e. The molecule has 4 nitrogen and oxygen atoms in total. The van der Waals surface area contributed by atoms with E-state index < -0.39 is 10.6 Å². The van der Waals surface area contributed by atoms with Crippen LogP contribution < -0.4 is 5.32 Å². The van der Waals surface area contributed by atoms with Crippen LogP contribution in [0.5, 0.6) is 0 Å². The van der Waals surface area contributed by atoms with E-state index in [1.54, 1.807) is 12.1 Å². The molecule has 1 N–H and O–H groups in total. The van der Waals surface area contributed by atoms with Crippen LogP contribution in [0.15, 0.2) is 76.0 Å². The van der Waals surface area contributed by atoms with Gasteiger partial charge in [-0.25, -0.2) is 4.21 Å². The molecule has 0 bridgehead atoms. The van der Waals surface area contributed by atoms with Gasteiger partial charge in [0.05, 0.1) is 17.0 Å². The normalized spacial score (nSPS) is 13.9. The Bertz CT molecular complexity index is 1130. The minimum Gasteiger partial charge on any atom is -0.316 e. The van der Waals surface area contributed by atoms with Crippen molar-refractivity contribution in [2.24, 2.45) is 4.36 Å². The van der Waals surface area contributed by atoms with Crippen molar-refractivity contribution in [3.8, 4) is 11.1 Å². The van der Waals surface area contributed by atoms with Crippen molar-refractivity contribution < 1.29 is 9.00 Å². The molecule has 0 spiro atoms. The number of benzene rings is 3. The lowest BCUT2D eigenvalue weighted by molar-refractivity contribution is -0.117. The Morgan fingerprint density at radius 2 is 1.77 bits per heavy atom. The molecular formula is C25H26N2O2S. The van der Waals surface area contributed by atoms with Gasteiger partial charge >= 0.3 is 0 Å². The van der Waals surface area contributed by atoms with Crippen molar-refractivity contribution in [2.45, 2.75) is 37.1 Å². The molecule has 0 saturated heterocycles. The number of hydrogen-bond acceptors (Lipinski definition) is 3. The standard InChI is InChI=1S/C25H26N2O2S/c1-26-17-18-10-13-21(14-11-18)30(29)27-25(28)16-24-22-9-5-8-20(22)12-15-23(24)19-6-3-2-4-7-19/h2-4,6-7,10-15,26,30H,5,8-9,16-17H2,1H3. The van der Waals surface area contributed by atoms with E-state index in [-0.39, 0.29) is 12.3 Å². The lowest BCUT2D eigenvalue weighted by atomic mass is 9.91. The van der Waals surface area contributed by atoms with Crippen LogP contribution in [-0.2, 0) is 41.2 Å². The molecule has 3 aromatic rings. The summed E-state index contributed by atoms with van der Waals surface area (Å²) in [5.74, 6) is -0.326. The van der Waals surface area contributed by atoms with Crippen LogP contribution in [0.2, 0.25) is 0 Å². The fourth-order valence-corrected chi connectivity index (χ4v) is 4.92. The zero-order chi connectivity index (χ0) is 20.9. The van der Waals surface area contributed by atoms with E-state index in [2.05, 4.69) is 33.9 Å². The van der Waals surface area contributed by atoms with Crippen LogP contribution in [-0.4, -0.2) is 17.2 Å². The Morgan fingerprint density at radius 3 is 2.50 bits per heavy atom. The van der Waals surface area contributed by atoms with E-state index in [0.717, 1.165) is 48.1 Å². The zero-order valence-electron chi connectivity index (χ0n) is 17.1. The lowest BCUT2D eigenvalue weighted by Gasteiger charge is -2.14. The molecule has 0 radical (unpaired) electrons. The second-order valence-electron chi connectivity index (χ2n) is 7.59. The Kier molecular flexibility index (Phi) is 6.41. The molecule has 1 aliphatic carbocycles. The van der Waals surface area contributed by atoms with Gasteiger partial charge in [-0.3, -0.25) is 4.79 Å². The van der Waals surface area contributed by atoms with E-state index in [0.29, 0.717) is 4.90 Å². The van der Waals surface area contributed by atoms with Gasteiger partial charge in [-0.05, 0) is 71.8 Å². The van der Waals surface area contributed by atoms with Gasteiger partial charge in [0.25, 0.3) is 5.91 Å². The van der Waals surface area contributed by atoms with Crippen molar-refractivity contribution >= 4 is 16.5 Å². The molecule has 1 atom stereocenters. The molecule has 1 unspecified atom stereocenters. The van der Waals surface area contributed by atoms with Crippen LogP contribution in [0.25, 0.3) is 11.1 Å². The van der Waals surface area contributed by atoms with E-state index >= 15 is 0 Å². The Balaban J connectivity index is 1.62. The second-order valence-corrected chi connectivity index (χ2v) is 8.85.